The number of likely N-dealkylation sites (N-methyl/N-ethyl adjacent to an activating group) is 1. The number of anilines is 2. The molecule has 8 heteroatoms. The van der Waals surface area contributed by atoms with Crippen molar-refractivity contribution in [1.82, 2.24) is 14.2 Å². The average molecular weight is 472 g/mol. The van der Waals surface area contributed by atoms with Crippen molar-refractivity contribution in [2.45, 2.75) is 13.3 Å². The summed E-state index contributed by atoms with van der Waals surface area (Å²) in [6.45, 7) is 2.81. The van der Waals surface area contributed by atoms with E-state index in [-0.39, 0.29) is 5.56 Å². The Morgan fingerprint density at radius 1 is 1.11 bits per heavy atom. The Kier molecular flexibility index (Phi) is 4.51. The molecule has 3 aromatic heterocycles. The molecule has 6 nitrogen and oxygen atoms in total. The van der Waals surface area contributed by atoms with Crippen LogP contribution in [0.4, 0.5) is 20.2 Å². The van der Waals surface area contributed by atoms with Crippen molar-refractivity contribution in [3.8, 4) is 11.1 Å². The number of hydrogen-bond acceptors (Lipinski definition) is 4. The molecule has 0 fully saturated rings. The number of benzene rings is 2. The normalized spacial score (nSPS) is 13.2. The van der Waals surface area contributed by atoms with Gasteiger partial charge in [-0.05, 0) is 54.8 Å². The van der Waals surface area contributed by atoms with Crippen LogP contribution in [0.1, 0.15) is 27.2 Å². The van der Waals surface area contributed by atoms with Gasteiger partial charge in [0.2, 0.25) is 5.78 Å². The predicted molar refractivity (Wildman–Crippen MR) is 133 cm³/mol. The van der Waals surface area contributed by atoms with E-state index in [0.29, 0.717) is 12.1 Å². The second-order valence-electron chi connectivity index (χ2n) is 9.17. The molecule has 4 heterocycles. The fraction of sp³-hybridized carbons (Fsp3) is 0.185. The van der Waals surface area contributed by atoms with Gasteiger partial charge in [0, 0.05) is 48.9 Å². The number of halogens is 2. The molecule has 0 bridgehead atoms. The highest BCUT2D eigenvalue weighted by atomic mass is 19.1. The van der Waals surface area contributed by atoms with Crippen LogP contribution in [0.2, 0.25) is 0 Å². The second-order valence-corrected chi connectivity index (χ2v) is 9.17. The summed E-state index contributed by atoms with van der Waals surface area (Å²) in [6, 6.07) is 9.91. The summed E-state index contributed by atoms with van der Waals surface area (Å²) in [5, 5.41) is 5.54. The Morgan fingerprint density at radius 3 is 2.60 bits per heavy atom. The minimum absolute atomic E-state index is 0.0776. The highest BCUT2D eigenvalue weighted by Crippen LogP contribution is 2.44. The van der Waals surface area contributed by atoms with Crippen LogP contribution in [-0.2, 0) is 13.5 Å². The molecule has 0 spiro atoms. The van der Waals surface area contributed by atoms with Crippen LogP contribution in [0.5, 0.6) is 0 Å². The zero-order chi connectivity index (χ0) is 24.6. The molecular formula is C27H23F2N5O. The second kappa shape index (κ2) is 7.40. The van der Waals surface area contributed by atoms with Crippen molar-refractivity contribution in [3.63, 3.8) is 0 Å². The van der Waals surface area contributed by atoms with Gasteiger partial charge in [0.05, 0.1) is 28.6 Å². The number of carbonyl (C=O) groups excluding carboxylic acids is 1. The van der Waals surface area contributed by atoms with Crippen molar-refractivity contribution >= 4 is 33.6 Å². The highest BCUT2D eigenvalue weighted by molar-refractivity contribution is 6.11. The lowest BCUT2D eigenvalue weighted by molar-refractivity contribution is 0.103. The summed E-state index contributed by atoms with van der Waals surface area (Å²) >= 11 is 0. The Labute approximate surface area is 200 Å². The summed E-state index contributed by atoms with van der Waals surface area (Å²) < 4.78 is 32.0. The van der Waals surface area contributed by atoms with Gasteiger partial charge in [-0.3, -0.25) is 9.48 Å². The minimum Gasteiger partial charge on any atom is -0.394 e. The third-order valence-electron chi connectivity index (χ3n) is 7.03. The molecular weight excluding hydrogens is 448 g/mol. The first-order valence-electron chi connectivity index (χ1n) is 11.3. The molecule has 2 aromatic carbocycles. The van der Waals surface area contributed by atoms with E-state index < -0.39 is 23.1 Å². The lowest BCUT2D eigenvalue weighted by Gasteiger charge is -2.27. The maximum atomic E-state index is 14.1. The van der Waals surface area contributed by atoms with Crippen LogP contribution < -0.4 is 10.6 Å². The van der Waals surface area contributed by atoms with Crippen LogP contribution in [0.3, 0.4) is 0 Å². The molecule has 0 saturated heterocycles. The zero-order valence-electron chi connectivity index (χ0n) is 19.6. The maximum Gasteiger partial charge on any atom is 0.209 e. The van der Waals surface area contributed by atoms with Crippen molar-refractivity contribution in [2.75, 3.05) is 24.2 Å². The third-order valence-corrected chi connectivity index (χ3v) is 7.03. The van der Waals surface area contributed by atoms with E-state index in [1.165, 1.54) is 0 Å². The van der Waals surface area contributed by atoms with Gasteiger partial charge in [0.1, 0.15) is 17.3 Å². The summed E-state index contributed by atoms with van der Waals surface area (Å²) in [6.07, 6.45) is 4.41. The monoisotopic (exact) mass is 471 g/mol. The SMILES string of the molecule is Cc1cc2c(cnn2C)c2c1-c1cccn3c(C(=O)c4cc(F)c(N)c(F)c4)cc(c13)CCN2C. The molecule has 6 rings (SSSR count). The third kappa shape index (κ3) is 2.99. The number of rotatable bonds is 2. The number of carbonyl (C=O) groups is 1. The number of aromatic nitrogens is 3. The molecule has 1 aliphatic rings. The number of aryl methyl sites for hydroxylation is 2. The quantitative estimate of drug-likeness (QED) is 0.294. The van der Waals surface area contributed by atoms with Crippen molar-refractivity contribution in [2.24, 2.45) is 7.05 Å². The van der Waals surface area contributed by atoms with Crippen LogP contribution in [0.25, 0.3) is 27.5 Å². The fourth-order valence-electron chi connectivity index (χ4n) is 5.31. The molecule has 176 valence electrons. The molecule has 2 N–H and O–H groups in total. The number of hydrogen-bond donors (Lipinski definition) is 1. The maximum absolute atomic E-state index is 14.1. The van der Waals surface area contributed by atoms with Crippen LogP contribution in [-0.4, -0.2) is 33.6 Å². The number of nitrogens with two attached hydrogens (primary N) is 1. The highest BCUT2D eigenvalue weighted by Gasteiger charge is 2.27. The number of fused-ring (bicyclic) bond motifs is 4. The van der Waals surface area contributed by atoms with Gasteiger partial charge in [-0.2, -0.15) is 5.10 Å². The zero-order valence-corrected chi connectivity index (χ0v) is 19.6. The molecule has 0 unspecified atom stereocenters. The first-order chi connectivity index (χ1) is 16.8. The summed E-state index contributed by atoms with van der Waals surface area (Å²) in [7, 11) is 4.00. The molecule has 0 amide bonds. The molecule has 1 aliphatic heterocycles. The summed E-state index contributed by atoms with van der Waals surface area (Å²) in [5.41, 5.74) is 12.4. The molecule has 0 saturated carbocycles. The van der Waals surface area contributed by atoms with Gasteiger partial charge in [-0.25, -0.2) is 8.78 Å². The lowest BCUT2D eigenvalue weighted by atomic mass is 9.92. The van der Waals surface area contributed by atoms with E-state index in [4.69, 9.17) is 5.73 Å². The Hall–Kier alpha value is -4.20. The van der Waals surface area contributed by atoms with E-state index in [0.717, 1.165) is 63.0 Å². The Morgan fingerprint density at radius 2 is 1.86 bits per heavy atom. The van der Waals surface area contributed by atoms with E-state index >= 15 is 0 Å². The minimum atomic E-state index is -0.945. The topological polar surface area (TPSA) is 68.6 Å². The average Bonchev–Trinajstić information content (AvgIpc) is 3.39. The van der Waals surface area contributed by atoms with E-state index in [9.17, 15) is 13.6 Å². The Balaban J connectivity index is 1.64. The fourth-order valence-corrected chi connectivity index (χ4v) is 5.31. The van der Waals surface area contributed by atoms with E-state index in [1.54, 1.807) is 0 Å². The smallest absolute Gasteiger partial charge is 0.209 e. The van der Waals surface area contributed by atoms with Crippen LogP contribution in [0.15, 0.2) is 48.8 Å². The van der Waals surface area contributed by atoms with E-state index in [1.807, 2.05) is 40.7 Å². The molecule has 0 atom stereocenters. The number of nitrogen functional groups attached to an aromatic ring is 1. The van der Waals surface area contributed by atoms with Crippen molar-refractivity contribution < 1.29 is 13.6 Å². The standard InChI is InChI=1S/C27H23F2N5O/c1-14-9-21-18(13-31-33(21)3)26-23(14)17-5-4-7-34-22(12-15(25(17)34)6-8-32(26)2)27(35)16-10-19(28)24(30)20(29)11-16/h4-5,7,9-13H,6,8,30H2,1-3H3. The largest absolute Gasteiger partial charge is 0.394 e. The first kappa shape index (κ1) is 21.3. The number of nitrogens with zero attached hydrogens (tertiary/aromatic N) is 4. The Bertz CT molecular complexity index is 1670. The van der Waals surface area contributed by atoms with Crippen LogP contribution in [0, 0.1) is 18.6 Å². The van der Waals surface area contributed by atoms with Gasteiger partial charge >= 0.3 is 0 Å². The first-order valence-corrected chi connectivity index (χ1v) is 11.3. The predicted octanol–water partition coefficient (Wildman–Crippen LogP) is 4.89. The van der Waals surface area contributed by atoms with Gasteiger partial charge in [0.15, 0.2) is 0 Å². The van der Waals surface area contributed by atoms with Gasteiger partial charge in [-0.1, -0.05) is 6.07 Å². The summed E-state index contributed by atoms with van der Waals surface area (Å²) in [4.78, 5) is 15.7. The van der Waals surface area contributed by atoms with Crippen molar-refractivity contribution in [3.05, 3.63) is 82.8 Å². The van der Waals surface area contributed by atoms with Crippen LogP contribution >= 0.6 is 0 Å². The van der Waals surface area contributed by atoms with Gasteiger partial charge in [0.25, 0.3) is 0 Å². The molecule has 0 radical (unpaired) electrons. The molecule has 5 aromatic rings. The number of pyridine rings is 1. The molecule has 0 aliphatic carbocycles. The lowest BCUT2D eigenvalue weighted by Crippen LogP contribution is -2.23. The number of ketones is 1. The van der Waals surface area contributed by atoms with Crippen molar-refractivity contribution in [1.29, 1.82) is 0 Å². The summed E-state index contributed by atoms with van der Waals surface area (Å²) in [5.74, 6) is -2.35. The van der Waals surface area contributed by atoms with Gasteiger partial charge < -0.3 is 15.0 Å². The van der Waals surface area contributed by atoms with E-state index in [2.05, 4.69) is 36.1 Å². The molecule has 35 heavy (non-hydrogen) atoms. The van der Waals surface area contributed by atoms with Gasteiger partial charge in [-0.15, -0.1) is 0 Å².